The minimum Gasteiger partial charge on any atom is -0.493 e. The van der Waals surface area contributed by atoms with Gasteiger partial charge in [-0.2, -0.15) is 10.4 Å². The highest BCUT2D eigenvalue weighted by Crippen LogP contribution is 2.36. The number of ether oxygens (including phenoxy) is 2. The molecular formula is C13H12BrN3O2. The van der Waals surface area contributed by atoms with Crippen molar-refractivity contribution in [3.8, 4) is 28.8 Å². The number of hydrogen-bond donors (Lipinski definition) is 0. The van der Waals surface area contributed by atoms with Gasteiger partial charge in [-0.15, -0.1) is 0 Å². The average Bonchev–Trinajstić information content (AvgIpc) is 2.72. The molecule has 2 rings (SSSR count). The van der Waals surface area contributed by atoms with Gasteiger partial charge in [0.25, 0.3) is 0 Å². The third-order valence-corrected chi connectivity index (χ3v) is 3.50. The molecular weight excluding hydrogens is 310 g/mol. The van der Waals surface area contributed by atoms with Crippen LogP contribution in [0.25, 0.3) is 11.3 Å². The zero-order valence-electron chi connectivity index (χ0n) is 10.8. The van der Waals surface area contributed by atoms with Crippen LogP contribution in [0.4, 0.5) is 0 Å². The van der Waals surface area contributed by atoms with Crippen molar-refractivity contribution in [2.75, 3.05) is 14.2 Å². The second-order valence-electron chi connectivity index (χ2n) is 3.82. The number of rotatable bonds is 3. The zero-order chi connectivity index (χ0) is 14.0. The number of methoxy groups -OCH3 is 2. The Labute approximate surface area is 119 Å². The predicted molar refractivity (Wildman–Crippen MR) is 74.2 cm³/mol. The van der Waals surface area contributed by atoms with E-state index in [1.54, 1.807) is 25.9 Å². The molecule has 1 aromatic heterocycles. The van der Waals surface area contributed by atoms with E-state index in [1.807, 2.05) is 24.3 Å². The van der Waals surface area contributed by atoms with Crippen LogP contribution in [0.15, 0.2) is 22.7 Å². The number of aromatic nitrogens is 2. The molecule has 0 atom stereocenters. The molecule has 0 spiro atoms. The number of aryl methyl sites for hydroxylation is 1. The van der Waals surface area contributed by atoms with E-state index in [1.165, 1.54) is 0 Å². The van der Waals surface area contributed by atoms with Crippen LogP contribution in [0.5, 0.6) is 11.5 Å². The lowest BCUT2D eigenvalue weighted by atomic mass is 10.1. The second-order valence-corrected chi connectivity index (χ2v) is 4.61. The molecule has 2 aromatic rings. The first kappa shape index (κ1) is 13.4. The molecule has 0 fully saturated rings. The Bertz CT molecular complexity index is 659. The molecule has 1 aromatic carbocycles. The Balaban J connectivity index is 2.60. The van der Waals surface area contributed by atoms with Crippen LogP contribution in [0.2, 0.25) is 0 Å². The quantitative estimate of drug-likeness (QED) is 0.872. The maximum atomic E-state index is 8.99. The predicted octanol–water partition coefficient (Wildman–Crippen LogP) is 2.74. The van der Waals surface area contributed by atoms with Crippen molar-refractivity contribution < 1.29 is 9.47 Å². The van der Waals surface area contributed by atoms with E-state index in [0.717, 1.165) is 11.3 Å². The Morgan fingerprint density at radius 2 is 1.95 bits per heavy atom. The van der Waals surface area contributed by atoms with Crippen molar-refractivity contribution >= 4 is 15.9 Å². The molecule has 19 heavy (non-hydrogen) atoms. The van der Waals surface area contributed by atoms with E-state index >= 15 is 0 Å². The zero-order valence-corrected chi connectivity index (χ0v) is 12.4. The summed E-state index contributed by atoms with van der Waals surface area (Å²) in [5, 5.41) is 13.1. The Morgan fingerprint density at radius 3 is 2.47 bits per heavy atom. The second kappa shape index (κ2) is 5.33. The SMILES string of the molecule is COc1ccc(-c2c(Br)c(C#N)nn2C)cc1OC. The van der Waals surface area contributed by atoms with Crippen LogP contribution in [-0.2, 0) is 7.05 Å². The molecule has 0 radical (unpaired) electrons. The van der Waals surface area contributed by atoms with Gasteiger partial charge < -0.3 is 9.47 Å². The number of hydrogen-bond acceptors (Lipinski definition) is 4. The number of nitrogens with zero attached hydrogens (tertiary/aromatic N) is 3. The summed E-state index contributed by atoms with van der Waals surface area (Å²) in [6.45, 7) is 0. The van der Waals surface area contributed by atoms with E-state index in [4.69, 9.17) is 14.7 Å². The minimum atomic E-state index is 0.354. The van der Waals surface area contributed by atoms with Gasteiger partial charge in [0.05, 0.1) is 24.4 Å². The van der Waals surface area contributed by atoms with Gasteiger partial charge in [-0.25, -0.2) is 0 Å². The molecule has 6 heteroatoms. The fraction of sp³-hybridized carbons (Fsp3) is 0.231. The van der Waals surface area contributed by atoms with E-state index in [9.17, 15) is 0 Å². The van der Waals surface area contributed by atoms with E-state index < -0.39 is 0 Å². The summed E-state index contributed by atoms with van der Waals surface area (Å²) in [5.74, 6) is 1.29. The number of nitriles is 1. The summed E-state index contributed by atoms with van der Waals surface area (Å²) in [5.41, 5.74) is 2.06. The molecule has 0 aliphatic carbocycles. The Hall–Kier alpha value is -2.00. The fourth-order valence-corrected chi connectivity index (χ4v) is 2.52. The average molecular weight is 322 g/mol. The molecule has 5 nitrogen and oxygen atoms in total. The van der Waals surface area contributed by atoms with Crippen LogP contribution in [0.1, 0.15) is 5.69 Å². The highest BCUT2D eigenvalue weighted by Gasteiger charge is 2.16. The summed E-state index contributed by atoms with van der Waals surface area (Å²) in [6, 6.07) is 7.60. The molecule has 0 saturated carbocycles. The summed E-state index contributed by atoms with van der Waals surface area (Å²) in [4.78, 5) is 0. The Morgan fingerprint density at radius 1 is 1.26 bits per heavy atom. The lowest BCUT2D eigenvalue weighted by Gasteiger charge is -2.10. The Kier molecular flexibility index (Phi) is 3.76. The molecule has 0 amide bonds. The molecule has 0 unspecified atom stereocenters. The summed E-state index contributed by atoms with van der Waals surface area (Å²) >= 11 is 3.40. The van der Waals surface area contributed by atoms with Crippen LogP contribution in [0, 0.1) is 11.3 Å². The number of benzene rings is 1. The third-order valence-electron chi connectivity index (χ3n) is 2.75. The van der Waals surface area contributed by atoms with Crippen molar-refractivity contribution in [3.05, 3.63) is 28.4 Å². The van der Waals surface area contributed by atoms with E-state index in [-0.39, 0.29) is 0 Å². The molecule has 0 aliphatic rings. The first-order valence-electron chi connectivity index (χ1n) is 5.47. The van der Waals surface area contributed by atoms with Gasteiger partial charge in [-0.05, 0) is 34.1 Å². The van der Waals surface area contributed by atoms with Gasteiger partial charge >= 0.3 is 0 Å². The standard InChI is InChI=1S/C13H12BrN3O2/c1-17-13(12(14)9(7-15)16-17)8-4-5-10(18-2)11(6-8)19-3/h4-6H,1-3H3. The first-order chi connectivity index (χ1) is 9.12. The minimum absolute atomic E-state index is 0.354. The highest BCUT2D eigenvalue weighted by molar-refractivity contribution is 9.10. The first-order valence-corrected chi connectivity index (χ1v) is 6.26. The molecule has 1 heterocycles. The topological polar surface area (TPSA) is 60.1 Å². The van der Waals surface area contributed by atoms with Crippen molar-refractivity contribution in [2.24, 2.45) is 7.05 Å². The monoisotopic (exact) mass is 321 g/mol. The van der Waals surface area contributed by atoms with Crippen LogP contribution in [0.3, 0.4) is 0 Å². The van der Waals surface area contributed by atoms with Gasteiger partial charge in [0.15, 0.2) is 17.2 Å². The molecule has 0 bridgehead atoms. The van der Waals surface area contributed by atoms with Gasteiger partial charge in [0.2, 0.25) is 0 Å². The number of halogens is 1. The smallest absolute Gasteiger partial charge is 0.177 e. The highest BCUT2D eigenvalue weighted by atomic mass is 79.9. The molecule has 0 aliphatic heterocycles. The lowest BCUT2D eigenvalue weighted by Crippen LogP contribution is -1.96. The van der Waals surface area contributed by atoms with Crippen molar-refractivity contribution in [1.29, 1.82) is 5.26 Å². The van der Waals surface area contributed by atoms with Gasteiger partial charge in [0, 0.05) is 12.6 Å². The van der Waals surface area contributed by atoms with Crippen LogP contribution < -0.4 is 9.47 Å². The summed E-state index contributed by atoms with van der Waals surface area (Å²) in [7, 11) is 4.96. The van der Waals surface area contributed by atoms with Crippen molar-refractivity contribution in [2.45, 2.75) is 0 Å². The van der Waals surface area contributed by atoms with Gasteiger partial charge in [-0.3, -0.25) is 4.68 Å². The maximum Gasteiger partial charge on any atom is 0.177 e. The van der Waals surface area contributed by atoms with Crippen molar-refractivity contribution in [3.63, 3.8) is 0 Å². The summed E-state index contributed by atoms with van der Waals surface area (Å²) < 4.78 is 12.8. The van der Waals surface area contributed by atoms with E-state index in [2.05, 4.69) is 21.0 Å². The molecule has 0 N–H and O–H groups in total. The molecule has 0 saturated heterocycles. The largest absolute Gasteiger partial charge is 0.493 e. The third kappa shape index (κ3) is 2.29. The van der Waals surface area contributed by atoms with Gasteiger partial charge in [-0.1, -0.05) is 0 Å². The van der Waals surface area contributed by atoms with E-state index in [0.29, 0.717) is 21.7 Å². The van der Waals surface area contributed by atoms with Crippen LogP contribution in [-0.4, -0.2) is 24.0 Å². The molecule has 98 valence electrons. The lowest BCUT2D eigenvalue weighted by molar-refractivity contribution is 0.355. The van der Waals surface area contributed by atoms with Crippen LogP contribution >= 0.6 is 15.9 Å². The van der Waals surface area contributed by atoms with Crippen molar-refractivity contribution in [1.82, 2.24) is 9.78 Å². The fourth-order valence-electron chi connectivity index (χ4n) is 1.87. The maximum absolute atomic E-state index is 8.99. The summed E-state index contributed by atoms with van der Waals surface area (Å²) in [6.07, 6.45) is 0. The normalized spacial score (nSPS) is 10.1. The van der Waals surface area contributed by atoms with Gasteiger partial charge in [0.1, 0.15) is 6.07 Å².